The summed E-state index contributed by atoms with van der Waals surface area (Å²) in [6, 6.07) is 5.94. The van der Waals surface area contributed by atoms with E-state index in [9.17, 15) is 0 Å². The van der Waals surface area contributed by atoms with Gasteiger partial charge in [0.05, 0.1) is 12.3 Å². The molecule has 1 heterocycles. The Morgan fingerprint density at radius 1 is 1.21 bits per heavy atom. The maximum Gasteiger partial charge on any atom is 0.142 e. The van der Waals surface area contributed by atoms with Crippen LogP contribution >= 0.6 is 0 Å². The number of nitrogens with zero attached hydrogens (tertiary/aromatic N) is 2. The molecular formula is C15H25N3O. The highest BCUT2D eigenvalue weighted by atomic mass is 16.5. The predicted octanol–water partition coefficient (Wildman–Crippen LogP) is 1.59. The van der Waals surface area contributed by atoms with Gasteiger partial charge in [-0.3, -0.25) is 0 Å². The molecule has 1 aliphatic heterocycles. The lowest BCUT2D eigenvalue weighted by Crippen LogP contribution is -2.44. The van der Waals surface area contributed by atoms with E-state index in [1.807, 2.05) is 25.1 Å². The second-order valence-corrected chi connectivity index (χ2v) is 5.33. The first kappa shape index (κ1) is 14.2. The molecule has 0 atom stereocenters. The average molecular weight is 263 g/mol. The smallest absolute Gasteiger partial charge is 0.142 e. The highest BCUT2D eigenvalue weighted by Crippen LogP contribution is 2.24. The van der Waals surface area contributed by atoms with Crippen LogP contribution in [0, 0.1) is 6.92 Å². The molecular weight excluding hydrogens is 238 g/mol. The Hall–Kier alpha value is -1.26. The number of likely N-dealkylation sites (N-methyl/N-ethyl adjacent to an activating group) is 1. The highest BCUT2D eigenvalue weighted by Gasteiger charge is 2.12. The monoisotopic (exact) mass is 263 g/mol. The summed E-state index contributed by atoms with van der Waals surface area (Å²) in [7, 11) is 2.18. The Balaban J connectivity index is 1.68. The lowest BCUT2D eigenvalue weighted by atomic mass is 10.2. The fourth-order valence-corrected chi connectivity index (χ4v) is 2.32. The van der Waals surface area contributed by atoms with Crippen LogP contribution in [0.25, 0.3) is 0 Å². The van der Waals surface area contributed by atoms with E-state index in [4.69, 9.17) is 10.5 Å². The first-order valence-electron chi connectivity index (χ1n) is 7.05. The molecule has 2 rings (SSSR count). The number of para-hydroxylation sites is 1. The normalized spacial score (nSPS) is 17.6. The molecule has 0 amide bonds. The zero-order chi connectivity index (χ0) is 13.7. The van der Waals surface area contributed by atoms with Crippen molar-refractivity contribution in [3.05, 3.63) is 23.8 Å². The number of benzene rings is 1. The molecule has 1 aromatic carbocycles. The highest BCUT2D eigenvalue weighted by molar-refractivity contribution is 5.57. The van der Waals surface area contributed by atoms with Crippen LogP contribution in [0.15, 0.2) is 18.2 Å². The Kier molecular flexibility index (Phi) is 5.05. The molecule has 1 aromatic rings. The van der Waals surface area contributed by atoms with Crippen molar-refractivity contribution in [2.24, 2.45) is 0 Å². The molecule has 0 saturated carbocycles. The summed E-state index contributed by atoms with van der Waals surface area (Å²) in [6.07, 6.45) is 1.05. The summed E-state index contributed by atoms with van der Waals surface area (Å²) in [5.41, 5.74) is 7.83. The Labute approximate surface area is 116 Å². The average Bonchev–Trinajstić information content (AvgIpc) is 2.41. The SMILES string of the molecule is Cc1cccc(OCCCN2CCN(C)CC2)c1N. The number of nitrogen functional groups attached to an aromatic ring is 1. The number of hydrogen-bond donors (Lipinski definition) is 1. The second kappa shape index (κ2) is 6.78. The maximum absolute atomic E-state index is 5.98. The third-order valence-corrected chi connectivity index (χ3v) is 3.76. The van der Waals surface area contributed by atoms with Gasteiger partial charge in [0, 0.05) is 32.7 Å². The number of anilines is 1. The molecule has 0 bridgehead atoms. The summed E-state index contributed by atoms with van der Waals surface area (Å²) in [4.78, 5) is 4.88. The Bertz CT molecular complexity index is 400. The third-order valence-electron chi connectivity index (χ3n) is 3.76. The molecule has 2 N–H and O–H groups in total. The Morgan fingerprint density at radius 2 is 1.95 bits per heavy atom. The van der Waals surface area contributed by atoms with Crippen molar-refractivity contribution in [3.63, 3.8) is 0 Å². The first-order valence-corrected chi connectivity index (χ1v) is 7.05. The van der Waals surface area contributed by atoms with Gasteiger partial charge in [0.2, 0.25) is 0 Å². The van der Waals surface area contributed by atoms with Crippen LogP contribution in [0.1, 0.15) is 12.0 Å². The van der Waals surface area contributed by atoms with Crippen LogP contribution in [0.3, 0.4) is 0 Å². The van der Waals surface area contributed by atoms with Gasteiger partial charge in [-0.2, -0.15) is 0 Å². The quantitative estimate of drug-likeness (QED) is 0.647. The lowest BCUT2D eigenvalue weighted by molar-refractivity contribution is 0.145. The number of hydrogen-bond acceptors (Lipinski definition) is 4. The molecule has 4 nitrogen and oxygen atoms in total. The van der Waals surface area contributed by atoms with Gasteiger partial charge in [0.1, 0.15) is 5.75 Å². The summed E-state index contributed by atoms with van der Waals surface area (Å²) < 4.78 is 5.77. The van der Waals surface area contributed by atoms with Crippen molar-refractivity contribution in [1.82, 2.24) is 9.80 Å². The number of aryl methyl sites for hydroxylation is 1. The molecule has 0 spiro atoms. The van der Waals surface area contributed by atoms with Crippen LogP contribution in [0.5, 0.6) is 5.75 Å². The summed E-state index contributed by atoms with van der Waals surface area (Å²) >= 11 is 0. The van der Waals surface area contributed by atoms with Crippen LogP contribution in [0.4, 0.5) is 5.69 Å². The first-order chi connectivity index (χ1) is 9.16. The van der Waals surface area contributed by atoms with Gasteiger partial charge >= 0.3 is 0 Å². The van der Waals surface area contributed by atoms with E-state index in [1.54, 1.807) is 0 Å². The maximum atomic E-state index is 5.98. The van der Waals surface area contributed by atoms with E-state index >= 15 is 0 Å². The molecule has 19 heavy (non-hydrogen) atoms. The molecule has 0 unspecified atom stereocenters. The van der Waals surface area contributed by atoms with E-state index < -0.39 is 0 Å². The van der Waals surface area contributed by atoms with Gasteiger partial charge < -0.3 is 20.3 Å². The topological polar surface area (TPSA) is 41.7 Å². The van der Waals surface area contributed by atoms with E-state index in [0.29, 0.717) is 0 Å². The van der Waals surface area contributed by atoms with Crippen LogP contribution in [-0.2, 0) is 0 Å². The van der Waals surface area contributed by atoms with Gasteiger partial charge in [-0.05, 0) is 32.0 Å². The van der Waals surface area contributed by atoms with Crippen molar-refractivity contribution >= 4 is 5.69 Å². The van der Waals surface area contributed by atoms with Crippen molar-refractivity contribution < 1.29 is 4.74 Å². The van der Waals surface area contributed by atoms with Gasteiger partial charge in [-0.25, -0.2) is 0 Å². The summed E-state index contributed by atoms with van der Waals surface area (Å²) in [5, 5.41) is 0. The number of ether oxygens (including phenoxy) is 1. The van der Waals surface area contributed by atoms with Gasteiger partial charge in [-0.15, -0.1) is 0 Å². The van der Waals surface area contributed by atoms with E-state index in [2.05, 4.69) is 16.8 Å². The van der Waals surface area contributed by atoms with Crippen LogP contribution in [-0.4, -0.2) is 56.2 Å². The van der Waals surface area contributed by atoms with Crippen molar-refractivity contribution in [3.8, 4) is 5.75 Å². The molecule has 1 fully saturated rings. The van der Waals surface area contributed by atoms with Crippen molar-refractivity contribution in [1.29, 1.82) is 0 Å². The minimum absolute atomic E-state index is 0.736. The Morgan fingerprint density at radius 3 is 2.68 bits per heavy atom. The molecule has 0 radical (unpaired) electrons. The van der Waals surface area contributed by atoms with E-state index in [0.717, 1.165) is 36.6 Å². The van der Waals surface area contributed by atoms with E-state index in [-0.39, 0.29) is 0 Å². The van der Waals surface area contributed by atoms with E-state index in [1.165, 1.54) is 26.2 Å². The van der Waals surface area contributed by atoms with Gasteiger partial charge in [0.15, 0.2) is 0 Å². The zero-order valence-electron chi connectivity index (χ0n) is 12.1. The molecule has 1 aliphatic rings. The zero-order valence-corrected chi connectivity index (χ0v) is 12.1. The molecule has 0 aromatic heterocycles. The number of nitrogens with two attached hydrogens (primary N) is 1. The summed E-state index contributed by atoms with van der Waals surface area (Å²) in [6.45, 7) is 8.54. The van der Waals surface area contributed by atoms with Crippen molar-refractivity contribution in [2.45, 2.75) is 13.3 Å². The third kappa shape index (κ3) is 4.11. The predicted molar refractivity (Wildman–Crippen MR) is 79.6 cm³/mol. The standard InChI is InChI=1S/C15H25N3O/c1-13-5-3-6-14(15(13)16)19-12-4-7-18-10-8-17(2)9-11-18/h3,5-6H,4,7-12,16H2,1-2H3. The van der Waals surface area contributed by atoms with Crippen LogP contribution < -0.4 is 10.5 Å². The fourth-order valence-electron chi connectivity index (χ4n) is 2.32. The second-order valence-electron chi connectivity index (χ2n) is 5.33. The molecule has 1 saturated heterocycles. The molecule has 106 valence electrons. The number of rotatable bonds is 5. The van der Waals surface area contributed by atoms with Crippen molar-refractivity contribution in [2.75, 3.05) is 52.1 Å². The fraction of sp³-hybridized carbons (Fsp3) is 0.600. The van der Waals surface area contributed by atoms with Gasteiger partial charge in [0.25, 0.3) is 0 Å². The lowest BCUT2D eigenvalue weighted by Gasteiger charge is -2.32. The number of piperazine rings is 1. The minimum atomic E-state index is 0.736. The largest absolute Gasteiger partial charge is 0.491 e. The summed E-state index contributed by atoms with van der Waals surface area (Å²) in [5.74, 6) is 0.818. The minimum Gasteiger partial charge on any atom is -0.491 e. The molecule has 0 aliphatic carbocycles. The van der Waals surface area contributed by atoms with Crippen LogP contribution in [0.2, 0.25) is 0 Å². The molecule has 4 heteroatoms. The van der Waals surface area contributed by atoms with Gasteiger partial charge in [-0.1, -0.05) is 12.1 Å².